The lowest BCUT2D eigenvalue weighted by molar-refractivity contribution is 0.0921. The van der Waals surface area contributed by atoms with E-state index >= 15 is 0 Å². The number of carbonyl (C=O) groups is 1. The van der Waals surface area contributed by atoms with Crippen LogP contribution in [0.1, 0.15) is 23.3 Å². The van der Waals surface area contributed by atoms with Crippen LogP contribution in [0.25, 0.3) is 10.6 Å². The Balaban J connectivity index is 0.00000147. The molecular weight excluding hydrogens is 298 g/mol. The largest absolute Gasteiger partial charge is 0.355 e. The number of rotatable bonds is 3. The van der Waals surface area contributed by atoms with Gasteiger partial charge in [-0.1, -0.05) is 11.2 Å². The van der Waals surface area contributed by atoms with E-state index in [-0.39, 0.29) is 24.4 Å². The number of carbonyl (C=O) groups excluding carboxylic acids is 1. The normalized spacial score (nSPS) is 18.3. The Morgan fingerprint density at radius 1 is 1.55 bits per heavy atom. The van der Waals surface area contributed by atoms with Crippen molar-refractivity contribution in [1.82, 2.24) is 15.8 Å². The summed E-state index contributed by atoms with van der Waals surface area (Å²) in [6.45, 7) is 1.85. The summed E-state index contributed by atoms with van der Waals surface area (Å²) in [5, 5.41) is 12.0. The zero-order valence-corrected chi connectivity index (χ0v) is 12.4. The van der Waals surface area contributed by atoms with E-state index in [2.05, 4.69) is 15.8 Å². The van der Waals surface area contributed by atoms with Crippen LogP contribution in [0.3, 0.4) is 0 Å². The minimum absolute atomic E-state index is 0. The van der Waals surface area contributed by atoms with Gasteiger partial charge in [0.05, 0.1) is 4.88 Å². The first-order valence-corrected chi connectivity index (χ1v) is 7.23. The molecule has 1 saturated heterocycles. The number of halogens is 1. The highest BCUT2D eigenvalue weighted by Crippen LogP contribution is 2.25. The van der Waals surface area contributed by atoms with E-state index in [1.807, 2.05) is 17.5 Å². The first kappa shape index (κ1) is 15.0. The molecule has 2 N–H and O–H groups in total. The van der Waals surface area contributed by atoms with Crippen molar-refractivity contribution in [1.29, 1.82) is 0 Å². The molecular formula is C13H16ClN3O2S. The number of nitrogens with one attached hydrogen (secondary N) is 2. The lowest BCUT2D eigenvalue weighted by atomic mass is 10.1. The molecule has 3 rings (SSSR count). The molecule has 0 aliphatic carbocycles. The van der Waals surface area contributed by atoms with Crippen LogP contribution in [0.15, 0.2) is 28.1 Å². The summed E-state index contributed by atoms with van der Waals surface area (Å²) in [5.41, 5.74) is 0.342. The summed E-state index contributed by atoms with van der Waals surface area (Å²) in [5.74, 6) is 0.474. The molecule has 3 heterocycles. The Labute approximate surface area is 127 Å². The molecule has 7 heteroatoms. The van der Waals surface area contributed by atoms with Crippen molar-refractivity contribution in [3.8, 4) is 10.6 Å². The van der Waals surface area contributed by atoms with Crippen molar-refractivity contribution >= 4 is 29.7 Å². The van der Waals surface area contributed by atoms with Crippen LogP contribution >= 0.6 is 23.7 Å². The number of thiophene rings is 1. The zero-order valence-electron chi connectivity index (χ0n) is 10.8. The van der Waals surface area contributed by atoms with E-state index < -0.39 is 0 Å². The fourth-order valence-electron chi connectivity index (χ4n) is 2.15. The lowest BCUT2D eigenvalue weighted by Gasteiger charge is -2.23. The van der Waals surface area contributed by atoms with Crippen LogP contribution in [-0.2, 0) is 0 Å². The second kappa shape index (κ2) is 6.88. The highest BCUT2D eigenvalue weighted by molar-refractivity contribution is 7.13. The predicted octanol–water partition coefficient (Wildman–Crippen LogP) is 2.31. The van der Waals surface area contributed by atoms with E-state index in [0.717, 1.165) is 30.8 Å². The van der Waals surface area contributed by atoms with Gasteiger partial charge in [0, 0.05) is 18.7 Å². The third-order valence-corrected chi connectivity index (χ3v) is 4.02. The number of amides is 1. The highest BCUT2D eigenvalue weighted by atomic mass is 35.5. The Kier molecular flexibility index (Phi) is 5.17. The third-order valence-electron chi connectivity index (χ3n) is 3.14. The van der Waals surface area contributed by atoms with E-state index in [9.17, 15) is 4.79 Å². The van der Waals surface area contributed by atoms with Gasteiger partial charge in [0.25, 0.3) is 5.91 Å². The van der Waals surface area contributed by atoms with Gasteiger partial charge < -0.3 is 15.2 Å². The Morgan fingerprint density at radius 3 is 3.15 bits per heavy atom. The molecule has 5 nitrogen and oxygen atoms in total. The molecule has 1 fully saturated rings. The zero-order chi connectivity index (χ0) is 13.1. The third kappa shape index (κ3) is 3.39. The van der Waals surface area contributed by atoms with Gasteiger partial charge in [-0.2, -0.15) is 0 Å². The van der Waals surface area contributed by atoms with Crippen LogP contribution in [-0.4, -0.2) is 30.2 Å². The van der Waals surface area contributed by atoms with E-state index in [0.29, 0.717) is 11.5 Å². The maximum absolute atomic E-state index is 12.0. The second-order valence-corrected chi connectivity index (χ2v) is 5.52. The van der Waals surface area contributed by atoms with Gasteiger partial charge in [0.15, 0.2) is 11.5 Å². The summed E-state index contributed by atoms with van der Waals surface area (Å²) < 4.78 is 5.20. The van der Waals surface area contributed by atoms with Crippen molar-refractivity contribution in [3.63, 3.8) is 0 Å². The Morgan fingerprint density at radius 2 is 2.45 bits per heavy atom. The molecule has 0 radical (unpaired) electrons. The van der Waals surface area contributed by atoms with Gasteiger partial charge in [-0.25, -0.2) is 0 Å². The molecule has 1 aliphatic heterocycles. The quantitative estimate of drug-likeness (QED) is 0.912. The van der Waals surface area contributed by atoms with Gasteiger partial charge in [-0.15, -0.1) is 23.7 Å². The highest BCUT2D eigenvalue weighted by Gasteiger charge is 2.19. The average Bonchev–Trinajstić information content (AvgIpc) is 3.11. The molecule has 0 bridgehead atoms. The SMILES string of the molecule is Cl.O=C(N[C@H]1CCCNC1)c1cc(-c2cccs2)on1. The minimum Gasteiger partial charge on any atom is -0.355 e. The number of aromatic nitrogens is 1. The van der Waals surface area contributed by atoms with Crippen molar-refractivity contribution in [2.45, 2.75) is 18.9 Å². The fraction of sp³-hybridized carbons (Fsp3) is 0.385. The molecule has 2 aromatic heterocycles. The van der Waals surface area contributed by atoms with Gasteiger partial charge in [-0.05, 0) is 30.8 Å². The van der Waals surface area contributed by atoms with Crippen LogP contribution in [0.2, 0.25) is 0 Å². The first-order chi connectivity index (χ1) is 9.33. The minimum atomic E-state index is -0.166. The molecule has 0 aromatic carbocycles. The van der Waals surface area contributed by atoms with Crippen molar-refractivity contribution in [3.05, 3.63) is 29.3 Å². The van der Waals surface area contributed by atoms with E-state index in [1.54, 1.807) is 17.4 Å². The van der Waals surface area contributed by atoms with Crippen LogP contribution < -0.4 is 10.6 Å². The van der Waals surface area contributed by atoms with Crippen LogP contribution in [0.4, 0.5) is 0 Å². The van der Waals surface area contributed by atoms with Crippen molar-refractivity contribution in [2.24, 2.45) is 0 Å². The number of hydrogen-bond donors (Lipinski definition) is 2. The summed E-state index contributed by atoms with van der Waals surface area (Å²) in [7, 11) is 0. The summed E-state index contributed by atoms with van der Waals surface area (Å²) in [6.07, 6.45) is 2.10. The molecule has 2 aromatic rings. The summed E-state index contributed by atoms with van der Waals surface area (Å²) in [6, 6.07) is 5.76. The van der Waals surface area contributed by atoms with Gasteiger partial charge in [0.1, 0.15) is 0 Å². The molecule has 0 spiro atoms. The van der Waals surface area contributed by atoms with Gasteiger partial charge >= 0.3 is 0 Å². The fourth-order valence-corrected chi connectivity index (χ4v) is 2.82. The standard InChI is InChI=1S/C13H15N3O2S.ClH/c17-13(15-9-3-1-5-14-8-9)10-7-11(18-16-10)12-4-2-6-19-12;/h2,4,6-7,9,14H,1,3,5,8H2,(H,15,17);1H/t9-;/m0./s1. The second-order valence-electron chi connectivity index (χ2n) is 4.57. The smallest absolute Gasteiger partial charge is 0.273 e. The van der Waals surface area contributed by atoms with E-state index in [1.165, 1.54) is 0 Å². The maximum atomic E-state index is 12.0. The molecule has 0 unspecified atom stereocenters. The number of piperidine rings is 1. The van der Waals surface area contributed by atoms with Crippen LogP contribution in [0.5, 0.6) is 0 Å². The summed E-state index contributed by atoms with van der Waals surface area (Å²) >= 11 is 1.56. The monoisotopic (exact) mass is 313 g/mol. The Bertz CT molecular complexity index is 550. The van der Waals surface area contributed by atoms with E-state index in [4.69, 9.17) is 4.52 Å². The molecule has 20 heavy (non-hydrogen) atoms. The van der Waals surface area contributed by atoms with Gasteiger partial charge in [-0.3, -0.25) is 4.79 Å². The number of nitrogens with zero attached hydrogens (tertiary/aromatic N) is 1. The number of hydrogen-bond acceptors (Lipinski definition) is 5. The van der Waals surface area contributed by atoms with Crippen LogP contribution in [0, 0.1) is 0 Å². The Hall–Kier alpha value is -1.37. The average molecular weight is 314 g/mol. The molecule has 0 saturated carbocycles. The topological polar surface area (TPSA) is 67.2 Å². The van der Waals surface area contributed by atoms with Crippen molar-refractivity contribution < 1.29 is 9.32 Å². The summed E-state index contributed by atoms with van der Waals surface area (Å²) in [4.78, 5) is 13.0. The molecule has 1 atom stereocenters. The maximum Gasteiger partial charge on any atom is 0.273 e. The van der Waals surface area contributed by atoms with Crippen molar-refractivity contribution in [2.75, 3.05) is 13.1 Å². The predicted molar refractivity (Wildman–Crippen MR) is 80.4 cm³/mol. The van der Waals surface area contributed by atoms with Gasteiger partial charge in [0.2, 0.25) is 0 Å². The molecule has 1 aliphatic rings. The lowest BCUT2D eigenvalue weighted by Crippen LogP contribution is -2.45. The molecule has 1 amide bonds. The molecule has 108 valence electrons. The first-order valence-electron chi connectivity index (χ1n) is 6.35.